The van der Waals surface area contributed by atoms with Gasteiger partial charge in [0.15, 0.2) is 5.82 Å². The number of aromatic nitrogens is 2. The summed E-state index contributed by atoms with van der Waals surface area (Å²) in [7, 11) is 0. The van der Waals surface area contributed by atoms with Gasteiger partial charge in [-0.05, 0) is 37.1 Å². The SMILES string of the molecule is c1cnc(-c2cccc(CCCN3CCOCC3)c2)nc1. The van der Waals surface area contributed by atoms with Crippen molar-refractivity contribution >= 4 is 0 Å². The maximum absolute atomic E-state index is 5.37. The van der Waals surface area contributed by atoms with Crippen LogP contribution in [0.4, 0.5) is 0 Å². The number of rotatable bonds is 5. The van der Waals surface area contributed by atoms with Crippen LogP contribution in [0.1, 0.15) is 12.0 Å². The molecule has 4 heteroatoms. The summed E-state index contributed by atoms with van der Waals surface area (Å²) in [6.45, 7) is 5.03. The molecule has 1 fully saturated rings. The first-order valence-corrected chi connectivity index (χ1v) is 7.58. The van der Waals surface area contributed by atoms with Crippen LogP contribution in [0, 0.1) is 0 Å². The molecular weight excluding hydrogens is 262 g/mol. The van der Waals surface area contributed by atoms with E-state index in [0.717, 1.165) is 50.7 Å². The molecule has 1 aromatic carbocycles. The average Bonchev–Trinajstić information content (AvgIpc) is 2.57. The fourth-order valence-electron chi connectivity index (χ4n) is 2.65. The van der Waals surface area contributed by atoms with Crippen molar-refractivity contribution in [3.05, 3.63) is 48.3 Å². The van der Waals surface area contributed by atoms with Crippen LogP contribution in [-0.2, 0) is 11.2 Å². The first-order valence-electron chi connectivity index (χ1n) is 7.58. The third-order valence-corrected chi connectivity index (χ3v) is 3.79. The van der Waals surface area contributed by atoms with Gasteiger partial charge < -0.3 is 4.74 Å². The van der Waals surface area contributed by atoms with E-state index in [2.05, 4.69) is 39.1 Å². The highest BCUT2D eigenvalue weighted by Crippen LogP contribution is 2.16. The molecule has 21 heavy (non-hydrogen) atoms. The van der Waals surface area contributed by atoms with Crippen LogP contribution in [-0.4, -0.2) is 47.7 Å². The Morgan fingerprint density at radius 1 is 1.05 bits per heavy atom. The van der Waals surface area contributed by atoms with E-state index in [4.69, 9.17) is 4.74 Å². The quantitative estimate of drug-likeness (QED) is 0.844. The van der Waals surface area contributed by atoms with Gasteiger partial charge in [-0.25, -0.2) is 9.97 Å². The highest BCUT2D eigenvalue weighted by atomic mass is 16.5. The summed E-state index contributed by atoms with van der Waals surface area (Å²) < 4.78 is 5.37. The number of benzene rings is 1. The molecule has 0 saturated carbocycles. The van der Waals surface area contributed by atoms with Gasteiger partial charge in [0.1, 0.15) is 0 Å². The Labute approximate surface area is 125 Å². The molecular formula is C17H21N3O. The molecule has 110 valence electrons. The molecule has 3 rings (SSSR count). The molecule has 1 aliphatic heterocycles. The van der Waals surface area contributed by atoms with Gasteiger partial charge >= 0.3 is 0 Å². The molecule has 0 amide bonds. The number of nitrogens with zero attached hydrogens (tertiary/aromatic N) is 3. The van der Waals surface area contributed by atoms with Gasteiger partial charge in [0.05, 0.1) is 13.2 Å². The lowest BCUT2D eigenvalue weighted by molar-refractivity contribution is 0.0375. The van der Waals surface area contributed by atoms with Crippen LogP contribution in [0.25, 0.3) is 11.4 Å². The maximum Gasteiger partial charge on any atom is 0.159 e. The summed E-state index contributed by atoms with van der Waals surface area (Å²) in [4.78, 5) is 11.1. The second-order valence-electron chi connectivity index (χ2n) is 5.33. The summed E-state index contributed by atoms with van der Waals surface area (Å²) in [5.41, 5.74) is 2.45. The zero-order valence-electron chi connectivity index (χ0n) is 12.2. The molecule has 4 nitrogen and oxygen atoms in total. The minimum atomic E-state index is 0.799. The van der Waals surface area contributed by atoms with Gasteiger partial charge in [-0.15, -0.1) is 0 Å². The number of ether oxygens (including phenoxy) is 1. The van der Waals surface area contributed by atoms with Crippen molar-refractivity contribution in [2.75, 3.05) is 32.8 Å². The topological polar surface area (TPSA) is 38.2 Å². The molecule has 1 aliphatic rings. The minimum Gasteiger partial charge on any atom is -0.379 e. The Morgan fingerprint density at radius 3 is 2.67 bits per heavy atom. The molecule has 2 aromatic rings. The molecule has 0 unspecified atom stereocenters. The number of aryl methyl sites for hydroxylation is 1. The third-order valence-electron chi connectivity index (χ3n) is 3.79. The summed E-state index contributed by atoms with van der Waals surface area (Å²) >= 11 is 0. The lowest BCUT2D eigenvalue weighted by atomic mass is 10.1. The van der Waals surface area contributed by atoms with Crippen LogP contribution < -0.4 is 0 Å². The molecule has 0 radical (unpaired) electrons. The van der Waals surface area contributed by atoms with Crippen molar-refractivity contribution in [3.63, 3.8) is 0 Å². The largest absolute Gasteiger partial charge is 0.379 e. The molecule has 1 saturated heterocycles. The zero-order valence-corrected chi connectivity index (χ0v) is 12.2. The Balaban J connectivity index is 1.56. The van der Waals surface area contributed by atoms with Crippen LogP contribution >= 0.6 is 0 Å². The number of hydrogen-bond acceptors (Lipinski definition) is 4. The summed E-state index contributed by atoms with van der Waals surface area (Å²) in [6, 6.07) is 10.4. The van der Waals surface area contributed by atoms with E-state index in [9.17, 15) is 0 Å². The average molecular weight is 283 g/mol. The summed E-state index contributed by atoms with van der Waals surface area (Å²) in [5, 5.41) is 0. The molecule has 0 bridgehead atoms. The van der Waals surface area contributed by atoms with Crippen molar-refractivity contribution in [2.24, 2.45) is 0 Å². The highest BCUT2D eigenvalue weighted by Gasteiger charge is 2.09. The minimum absolute atomic E-state index is 0.799. The Bertz CT molecular complexity index is 553. The van der Waals surface area contributed by atoms with Crippen molar-refractivity contribution in [1.82, 2.24) is 14.9 Å². The standard InChI is InChI=1S/C17H21N3O/c1-4-15(5-2-9-20-10-12-21-13-11-20)14-16(6-1)17-18-7-3-8-19-17/h1,3-4,6-8,14H,2,5,9-13H2. The van der Waals surface area contributed by atoms with Crippen LogP contribution in [0.2, 0.25) is 0 Å². The van der Waals surface area contributed by atoms with Crippen LogP contribution in [0.5, 0.6) is 0 Å². The van der Waals surface area contributed by atoms with E-state index in [-0.39, 0.29) is 0 Å². The van der Waals surface area contributed by atoms with Gasteiger partial charge in [0, 0.05) is 31.0 Å². The van der Waals surface area contributed by atoms with Gasteiger partial charge in [-0.2, -0.15) is 0 Å². The number of hydrogen-bond donors (Lipinski definition) is 0. The summed E-state index contributed by atoms with van der Waals surface area (Å²) in [5.74, 6) is 0.799. The van der Waals surface area contributed by atoms with Gasteiger partial charge in [-0.1, -0.05) is 18.2 Å². The second-order valence-corrected chi connectivity index (χ2v) is 5.33. The highest BCUT2D eigenvalue weighted by molar-refractivity contribution is 5.55. The Morgan fingerprint density at radius 2 is 1.86 bits per heavy atom. The van der Waals surface area contributed by atoms with E-state index in [1.165, 1.54) is 12.0 Å². The molecule has 0 atom stereocenters. The normalized spacial score (nSPS) is 16.0. The van der Waals surface area contributed by atoms with E-state index < -0.39 is 0 Å². The van der Waals surface area contributed by atoms with E-state index in [1.54, 1.807) is 12.4 Å². The maximum atomic E-state index is 5.37. The van der Waals surface area contributed by atoms with E-state index in [1.807, 2.05) is 6.07 Å². The number of morpholine rings is 1. The fraction of sp³-hybridized carbons (Fsp3) is 0.412. The third kappa shape index (κ3) is 4.09. The zero-order chi connectivity index (χ0) is 14.3. The molecule has 0 N–H and O–H groups in total. The second kappa shape index (κ2) is 7.29. The van der Waals surface area contributed by atoms with E-state index in [0.29, 0.717) is 0 Å². The van der Waals surface area contributed by atoms with Crippen molar-refractivity contribution in [2.45, 2.75) is 12.8 Å². The van der Waals surface area contributed by atoms with Gasteiger partial charge in [0.25, 0.3) is 0 Å². The first kappa shape index (κ1) is 14.2. The van der Waals surface area contributed by atoms with E-state index >= 15 is 0 Å². The lowest BCUT2D eigenvalue weighted by Crippen LogP contribution is -2.36. The first-order chi connectivity index (χ1) is 10.4. The molecule has 1 aromatic heterocycles. The Hall–Kier alpha value is -1.78. The van der Waals surface area contributed by atoms with Crippen LogP contribution in [0.3, 0.4) is 0 Å². The molecule has 2 heterocycles. The van der Waals surface area contributed by atoms with Crippen molar-refractivity contribution in [1.29, 1.82) is 0 Å². The molecule has 0 spiro atoms. The van der Waals surface area contributed by atoms with Gasteiger partial charge in [-0.3, -0.25) is 4.90 Å². The fourth-order valence-corrected chi connectivity index (χ4v) is 2.65. The van der Waals surface area contributed by atoms with Crippen LogP contribution in [0.15, 0.2) is 42.7 Å². The van der Waals surface area contributed by atoms with Crippen molar-refractivity contribution in [3.8, 4) is 11.4 Å². The van der Waals surface area contributed by atoms with Gasteiger partial charge in [0.2, 0.25) is 0 Å². The molecule has 0 aliphatic carbocycles. The lowest BCUT2D eigenvalue weighted by Gasteiger charge is -2.26. The predicted octanol–water partition coefficient (Wildman–Crippen LogP) is 2.41. The Kier molecular flexibility index (Phi) is 4.92. The monoisotopic (exact) mass is 283 g/mol. The smallest absolute Gasteiger partial charge is 0.159 e. The summed E-state index contributed by atoms with van der Waals surface area (Å²) in [6.07, 6.45) is 5.85. The van der Waals surface area contributed by atoms with Crippen molar-refractivity contribution < 1.29 is 4.74 Å². The predicted molar refractivity (Wildman–Crippen MR) is 83.0 cm³/mol.